The summed E-state index contributed by atoms with van der Waals surface area (Å²) in [5, 5.41) is 0. The van der Waals surface area contributed by atoms with Crippen LogP contribution < -0.4 is 10.6 Å². The molecule has 0 radical (unpaired) electrons. The van der Waals surface area contributed by atoms with Crippen LogP contribution in [0.15, 0.2) is 202 Å². The lowest BCUT2D eigenvalue weighted by Crippen LogP contribution is -2.37. The average Bonchev–Trinajstić information content (AvgIpc) is 0.773. The summed E-state index contributed by atoms with van der Waals surface area (Å²) >= 11 is 0. The van der Waals surface area contributed by atoms with Crippen molar-refractivity contribution in [2.75, 3.05) is 4.90 Å². The minimum Gasteiger partial charge on any atom is -0.339 e. The van der Waals surface area contributed by atoms with Crippen LogP contribution in [0.3, 0.4) is 0 Å². The first-order valence-electron chi connectivity index (χ1n) is 41.8. The molecule has 1 saturated carbocycles. The van der Waals surface area contributed by atoms with Crippen LogP contribution in [0, 0.1) is 101 Å². The predicted molar refractivity (Wildman–Crippen MR) is 439 cm³/mol. The van der Waals surface area contributed by atoms with Gasteiger partial charge < -0.3 is 15.5 Å². The topological polar surface area (TPSA) is 32.5 Å². The highest BCUT2D eigenvalue weighted by Gasteiger charge is 2.39. The van der Waals surface area contributed by atoms with E-state index in [9.17, 15) is 0 Å². The Labute approximate surface area is 618 Å². The van der Waals surface area contributed by atoms with Gasteiger partial charge in [0.15, 0.2) is 0 Å². The molecule has 3 nitrogen and oxygen atoms in total. The van der Waals surface area contributed by atoms with Gasteiger partial charge in [-0.3, -0.25) is 0 Å². The van der Waals surface area contributed by atoms with Crippen molar-refractivity contribution in [3.8, 4) is 0 Å². The first-order valence-corrected chi connectivity index (χ1v) is 41.8. The zero-order valence-corrected chi connectivity index (χ0v) is 66.6. The molecule has 0 aliphatic heterocycles. The fourth-order valence-electron chi connectivity index (χ4n) is 20.9. The molecule has 3 heteroatoms. The molecular weight excluding hydrogens is 1220 g/mol. The third kappa shape index (κ3) is 18.9. The van der Waals surface area contributed by atoms with Crippen LogP contribution in [0.25, 0.3) is 5.57 Å². The molecule has 0 spiro atoms. The van der Waals surface area contributed by atoms with Gasteiger partial charge >= 0.3 is 0 Å². The molecule has 2 N–H and O–H groups in total. The van der Waals surface area contributed by atoms with Crippen molar-refractivity contribution >= 4 is 16.9 Å². The van der Waals surface area contributed by atoms with E-state index in [4.69, 9.17) is 5.73 Å². The third-order valence-corrected chi connectivity index (χ3v) is 26.1. The molecule has 1 fully saturated rings. The summed E-state index contributed by atoms with van der Waals surface area (Å²) in [6, 6.07) is 18.0. The number of nitrogens with two attached hydrogens (primary N) is 1. The van der Waals surface area contributed by atoms with Crippen molar-refractivity contribution in [3.63, 3.8) is 0 Å². The molecule has 9 aliphatic carbocycles. The third-order valence-electron chi connectivity index (χ3n) is 26.1. The van der Waals surface area contributed by atoms with Gasteiger partial charge in [0, 0.05) is 40.4 Å². The second-order valence-corrected chi connectivity index (χ2v) is 36.2. The lowest BCUT2D eigenvalue weighted by molar-refractivity contribution is 0.163. The van der Waals surface area contributed by atoms with E-state index < -0.39 is 0 Å². The van der Waals surface area contributed by atoms with Gasteiger partial charge in [-0.05, 0) is 301 Å². The number of benzene rings is 2. The van der Waals surface area contributed by atoms with Crippen LogP contribution in [0.4, 0.5) is 11.4 Å². The highest BCUT2D eigenvalue weighted by atomic mass is 15.2. The second-order valence-electron chi connectivity index (χ2n) is 36.2. The number of allylic oxidation sites excluding steroid dienone is 23. The minimum atomic E-state index is 0.0911. The summed E-state index contributed by atoms with van der Waals surface area (Å²) in [6.07, 6.45) is 74.8. The molecule has 0 bridgehead atoms. The SMILES string of the molecule is CCCCCCC1=CC(C2CC=C(N(C3=CC=C(C4C(C)=CC(CC(C)C)=CC4C)CC3)C3C=CC(C4C=CC(C(C)N)=CC4)CC3)C=C2C)C(CCCCCC)C=C1c1ccc(N(C2=CCC(C3C=CC(C(C)(C)C)CC3)C=C2)c2ccc(C3C(C)CC(CC(C)C)CC3C)cc2)cc1C. The maximum atomic E-state index is 6.36. The van der Waals surface area contributed by atoms with Crippen LogP contribution in [-0.2, 0) is 0 Å². The van der Waals surface area contributed by atoms with Crippen LogP contribution in [0.1, 0.15) is 274 Å². The molecule has 0 saturated heterocycles. The van der Waals surface area contributed by atoms with Crippen molar-refractivity contribution in [1.82, 2.24) is 4.90 Å². The zero-order chi connectivity index (χ0) is 71.6. The lowest BCUT2D eigenvalue weighted by Gasteiger charge is -2.42. The lowest BCUT2D eigenvalue weighted by atomic mass is 9.65. The Bertz CT molecular complexity index is 3580. The molecule has 14 unspecified atom stereocenters. The molecule has 0 aromatic heterocycles. The second kappa shape index (κ2) is 35.0. The van der Waals surface area contributed by atoms with Crippen molar-refractivity contribution < 1.29 is 0 Å². The molecular formula is C98H139N3. The summed E-state index contributed by atoms with van der Waals surface area (Å²) in [6.45, 7) is 38.5. The maximum Gasteiger partial charge on any atom is 0.0519 e. The van der Waals surface area contributed by atoms with Gasteiger partial charge in [0.2, 0.25) is 0 Å². The minimum absolute atomic E-state index is 0.0911. The van der Waals surface area contributed by atoms with Gasteiger partial charge in [0.1, 0.15) is 0 Å². The first-order chi connectivity index (χ1) is 48.5. The average molecular weight is 1360 g/mol. The molecule has 11 rings (SSSR count). The molecule has 2 aromatic rings. The Morgan fingerprint density at radius 1 is 0.614 bits per heavy atom. The number of anilines is 2. The van der Waals surface area contributed by atoms with Crippen LogP contribution in [0.2, 0.25) is 0 Å². The monoisotopic (exact) mass is 1360 g/mol. The Morgan fingerprint density at radius 2 is 1.30 bits per heavy atom. The molecule has 9 aliphatic rings. The highest BCUT2D eigenvalue weighted by Crippen LogP contribution is 2.51. The van der Waals surface area contributed by atoms with E-state index in [1.165, 1.54) is 165 Å². The smallest absolute Gasteiger partial charge is 0.0519 e. The zero-order valence-electron chi connectivity index (χ0n) is 66.6. The molecule has 0 heterocycles. The van der Waals surface area contributed by atoms with Crippen molar-refractivity contribution in [3.05, 3.63) is 219 Å². The van der Waals surface area contributed by atoms with E-state index in [0.717, 1.165) is 56.8 Å². The summed E-state index contributed by atoms with van der Waals surface area (Å²) in [4.78, 5) is 5.44. The van der Waals surface area contributed by atoms with Crippen molar-refractivity contribution in [2.45, 2.75) is 276 Å². The van der Waals surface area contributed by atoms with Crippen LogP contribution in [0.5, 0.6) is 0 Å². The van der Waals surface area contributed by atoms with E-state index in [-0.39, 0.29) is 6.04 Å². The number of unbranched alkanes of at least 4 members (excludes halogenated alkanes) is 6. The molecule has 2 aromatic carbocycles. The van der Waals surface area contributed by atoms with E-state index in [0.29, 0.717) is 94.3 Å². The number of aryl methyl sites for hydroxylation is 1. The van der Waals surface area contributed by atoms with Crippen LogP contribution in [-0.4, -0.2) is 17.0 Å². The van der Waals surface area contributed by atoms with E-state index in [1.807, 2.05) is 0 Å². The number of rotatable bonds is 27. The number of hydrogen-bond donors (Lipinski definition) is 1. The van der Waals surface area contributed by atoms with Gasteiger partial charge in [-0.15, -0.1) is 0 Å². The molecule has 14 atom stereocenters. The maximum absolute atomic E-state index is 6.36. The number of nitrogens with zero attached hydrogens (tertiary/aromatic N) is 2. The quantitative estimate of drug-likeness (QED) is 0.0715. The molecule has 546 valence electrons. The fourth-order valence-corrected chi connectivity index (χ4v) is 20.9. The van der Waals surface area contributed by atoms with Gasteiger partial charge in [-0.2, -0.15) is 0 Å². The van der Waals surface area contributed by atoms with Gasteiger partial charge in [0.25, 0.3) is 0 Å². The highest BCUT2D eigenvalue weighted by molar-refractivity contribution is 5.84. The molecule has 0 amide bonds. The number of hydrogen-bond acceptors (Lipinski definition) is 3. The largest absolute Gasteiger partial charge is 0.339 e. The summed E-state index contributed by atoms with van der Waals surface area (Å²) in [5.41, 5.74) is 28.4. The Kier molecular flexibility index (Phi) is 26.5. The van der Waals surface area contributed by atoms with Gasteiger partial charge in [-0.25, -0.2) is 0 Å². The normalized spacial score (nSPS) is 30.3. The van der Waals surface area contributed by atoms with E-state index in [1.54, 1.807) is 22.3 Å². The Hall–Kier alpha value is -5.64. The predicted octanol–water partition coefficient (Wildman–Crippen LogP) is 27.7. The van der Waals surface area contributed by atoms with Crippen LogP contribution >= 0.6 is 0 Å². The summed E-state index contributed by atoms with van der Waals surface area (Å²) < 4.78 is 0. The standard InChI is InChI=1S/C98H139N3/c1-17-19-21-23-25-83-64-95(93-54-52-91(62-68(93)8)101(87-45-35-80(36-46-87)78-31-41-85(42-32-78)98(14,15)16)89-49-39-82(40-50-89)97-71(11)59-75(56-66(5)6)60-72(97)12)84(26-24-22-20-18-2)63-94(83)92-53-51-90(61-67(92)7)100(86-43-33-79(34-44-86)77-29-27-76(28-30-77)73(13)99)88-47-37-81(38-48-88)96-69(9)57-74(55-65(3)4)58-70(96)10/h27-29,31,33,35,37,39-41,43,45-47,49-52,54,57-58,61-66,69,71-73,75,77-80,83,85-86,92,94,96-97H,17-26,30,32,34,36,38,42,44,48,53,55-56,59-60,99H2,1-16H3. The van der Waals surface area contributed by atoms with E-state index >= 15 is 0 Å². The van der Waals surface area contributed by atoms with Gasteiger partial charge in [0.05, 0.1) is 6.04 Å². The summed E-state index contributed by atoms with van der Waals surface area (Å²) in [5.74, 6) is 9.56. The molecule has 101 heavy (non-hydrogen) atoms. The Balaban J connectivity index is 0.901. The fraction of sp³-hybridized carbons (Fsp3) is 0.592. The van der Waals surface area contributed by atoms with Crippen molar-refractivity contribution in [1.29, 1.82) is 0 Å². The van der Waals surface area contributed by atoms with Crippen molar-refractivity contribution in [2.24, 2.45) is 99.9 Å². The Morgan fingerprint density at radius 3 is 1.87 bits per heavy atom. The first kappa shape index (κ1) is 76.5. The van der Waals surface area contributed by atoms with Gasteiger partial charge in [-0.1, -0.05) is 260 Å². The van der Waals surface area contributed by atoms with E-state index in [2.05, 4.69) is 272 Å². The summed E-state index contributed by atoms with van der Waals surface area (Å²) in [7, 11) is 0.